The highest BCUT2D eigenvalue weighted by molar-refractivity contribution is 5.88. The highest BCUT2D eigenvalue weighted by Gasteiger charge is 2.37. The van der Waals surface area contributed by atoms with Gasteiger partial charge in [-0.05, 0) is 46.5 Å². The number of amides is 1. The predicted octanol–water partition coefficient (Wildman–Crippen LogP) is 5.22. The lowest BCUT2D eigenvalue weighted by molar-refractivity contribution is -0.163. The van der Waals surface area contributed by atoms with E-state index in [0.717, 1.165) is 22.3 Å². The fraction of sp³-hybridized carbons (Fsp3) is 0.258. The van der Waals surface area contributed by atoms with Gasteiger partial charge >= 0.3 is 18.0 Å². The topological polar surface area (TPSA) is 91.4 Å². The zero-order valence-electron chi connectivity index (χ0n) is 21.7. The third kappa shape index (κ3) is 5.71. The minimum atomic E-state index is -0.893. The molecule has 0 radical (unpaired) electrons. The molecule has 0 aromatic heterocycles. The molecule has 0 bridgehead atoms. The number of hydrogen-bond donors (Lipinski definition) is 0. The second kappa shape index (κ2) is 11.5. The van der Waals surface area contributed by atoms with Crippen LogP contribution in [0.3, 0.4) is 0 Å². The summed E-state index contributed by atoms with van der Waals surface area (Å²) in [4.78, 5) is 38.2. The molecule has 3 aromatic carbocycles. The number of anilines is 1. The van der Waals surface area contributed by atoms with E-state index < -0.39 is 36.5 Å². The van der Waals surface area contributed by atoms with Crippen LogP contribution in [0, 0.1) is 0 Å². The highest BCUT2D eigenvalue weighted by atomic mass is 16.6. The molecule has 39 heavy (non-hydrogen) atoms. The number of hydrogen-bond acceptors (Lipinski definition) is 7. The van der Waals surface area contributed by atoms with Crippen molar-refractivity contribution in [2.45, 2.75) is 38.2 Å². The predicted molar refractivity (Wildman–Crippen MR) is 144 cm³/mol. The van der Waals surface area contributed by atoms with Crippen LogP contribution in [0.4, 0.5) is 10.5 Å². The Morgan fingerprint density at radius 1 is 0.744 bits per heavy atom. The lowest BCUT2D eigenvalue weighted by Crippen LogP contribution is -2.50. The van der Waals surface area contributed by atoms with E-state index in [1.165, 1.54) is 18.7 Å². The molecule has 0 spiro atoms. The lowest BCUT2D eigenvalue weighted by Gasteiger charge is -2.36. The maximum atomic E-state index is 13.7. The molecule has 8 nitrogen and oxygen atoms in total. The van der Waals surface area contributed by atoms with Gasteiger partial charge in [0.1, 0.15) is 25.4 Å². The van der Waals surface area contributed by atoms with Gasteiger partial charge in [0, 0.05) is 19.8 Å². The molecule has 0 N–H and O–H groups in total. The summed E-state index contributed by atoms with van der Waals surface area (Å²) in [6.07, 6.45) is 0.173. The second-order valence-corrected chi connectivity index (χ2v) is 9.34. The number of benzene rings is 3. The fourth-order valence-corrected chi connectivity index (χ4v) is 5.03. The van der Waals surface area contributed by atoms with Crippen molar-refractivity contribution in [3.63, 3.8) is 0 Å². The van der Waals surface area contributed by atoms with Gasteiger partial charge in [0.05, 0.1) is 5.69 Å². The van der Waals surface area contributed by atoms with Gasteiger partial charge in [-0.1, -0.05) is 66.7 Å². The van der Waals surface area contributed by atoms with Crippen LogP contribution < -0.4 is 4.90 Å². The average Bonchev–Trinajstić information content (AvgIpc) is 3.26. The highest BCUT2D eigenvalue weighted by Crippen LogP contribution is 2.44. The second-order valence-electron chi connectivity index (χ2n) is 9.34. The first kappa shape index (κ1) is 26.2. The van der Waals surface area contributed by atoms with E-state index in [1.54, 1.807) is 24.3 Å². The minimum Gasteiger partial charge on any atom is -0.463 e. The first-order chi connectivity index (χ1) is 18.9. The summed E-state index contributed by atoms with van der Waals surface area (Å²) < 4.78 is 22.6. The number of nitrogens with zero attached hydrogens (tertiary/aromatic N) is 1. The van der Waals surface area contributed by atoms with Crippen LogP contribution in [0.15, 0.2) is 91.0 Å². The number of ether oxygens (including phenoxy) is 4. The van der Waals surface area contributed by atoms with E-state index in [2.05, 4.69) is 24.3 Å². The standard InChI is InChI=1S/C31H29NO7/c1-20(33)36-19-29-28(38-21(2)34)16-17-30(39-29)32(22-10-4-3-5-11-22)31(35)37-18-27-25-14-8-6-12-23(25)24-13-7-9-15-26(24)27/h3-17,27-30H,18-19H2,1-2H3/t28-,29+,30?/m0/s1. The van der Waals surface area contributed by atoms with E-state index in [9.17, 15) is 14.4 Å². The number of esters is 2. The van der Waals surface area contributed by atoms with Crippen LogP contribution in [0.2, 0.25) is 0 Å². The Balaban J connectivity index is 1.39. The monoisotopic (exact) mass is 527 g/mol. The molecule has 8 heteroatoms. The first-order valence-electron chi connectivity index (χ1n) is 12.8. The molecule has 5 rings (SSSR count). The Morgan fingerprint density at radius 2 is 1.36 bits per heavy atom. The number of para-hydroxylation sites is 1. The molecule has 0 saturated carbocycles. The molecule has 1 heterocycles. The van der Waals surface area contributed by atoms with Gasteiger partial charge in [-0.25, -0.2) is 9.69 Å². The summed E-state index contributed by atoms with van der Waals surface area (Å²) >= 11 is 0. The summed E-state index contributed by atoms with van der Waals surface area (Å²) in [5.74, 6) is -1.11. The van der Waals surface area contributed by atoms with Crippen molar-refractivity contribution in [1.82, 2.24) is 0 Å². The Labute approximate surface area is 226 Å². The average molecular weight is 528 g/mol. The van der Waals surface area contributed by atoms with Crippen molar-refractivity contribution in [3.05, 3.63) is 102 Å². The van der Waals surface area contributed by atoms with Gasteiger partial charge in [0.25, 0.3) is 0 Å². The van der Waals surface area contributed by atoms with Gasteiger partial charge in [0.2, 0.25) is 0 Å². The zero-order chi connectivity index (χ0) is 27.4. The van der Waals surface area contributed by atoms with Crippen molar-refractivity contribution < 1.29 is 33.3 Å². The fourth-order valence-electron chi connectivity index (χ4n) is 5.03. The summed E-state index contributed by atoms with van der Waals surface area (Å²) in [6.45, 7) is 2.56. The number of carbonyl (C=O) groups excluding carboxylic acids is 3. The van der Waals surface area contributed by atoms with Crippen molar-refractivity contribution in [3.8, 4) is 11.1 Å². The van der Waals surface area contributed by atoms with Gasteiger partial charge in [0.15, 0.2) is 6.23 Å². The third-order valence-electron chi connectivity index (χ3n) is 6.72. The molecule has 3 atom stereocenters. The van der Waals surface area contributed by atoms with E-state index in [0.29, 0.717) is 5.69 Å². The summed E-state index contributed by atoms with van der Waals surface area (Å²) in [6, 6.07) is 25.3. The Hall–Kier alpha value is -4.43. The van der Waals surface area contributed by atoms with Crippen LogP contribution in [-0.4, -0.2) is 49.7 Å². The van der Waals surface area contributed by atoms with Gasteiger partial charge in [-0.2, -0.15) is 0 Å². The van der Waals surface area contributed by atoms with E-state index >= 15 is 0 Å². The molecule has 1 aliphatic heterocycles. The minimum absolute atomic E-state index is 0.105. The maximum absolute atomic E-state index is 13.7. The summed E-state index contributed by atoms with van der Waals surface area (Å²) in [7, 11) is 0. The Kier molecular flexibility index (Phi) is 7.74. The molecular formula is C31H29NO7. The van der Waals surface area contributed by atoms with E-state index in [1.807, 2.05) is 42.5 Å². The van der Waals surface area contributed by atoms with Crippen LogP contribution >= 0.6 is 0 Å². The van der Waals surface area contributed by atoms with Gasteiger partial charge in [-0.15, -0.1) is 0 Å². The normalized spacial score (nSPS) is 19.5. The first-order valence-corrected chi connectivity index (χ1v) is 12.8. The quantitative estimate of drug-likeness (QED) is 0.236. The molecule has 1 aliphatic carbocycles. The van der Waals surface area contributed by atoms with Crippen LogP contribution in [0.5, 0.6) is 0 Å². The van der Waals surface area contributed by atoms with Crippen LogP contribution in [-0.2, 0) is 28.5 Å². The molecule has 0 saturated heterocycles. The number of rotatable bonds is 7. The van der Waals surface area contributed by atoms with Gasteiger partial charge in [-0.3, -0.25) is 9.59 Å². The summed E-state index contributed by atoms with van der Waals surface area (Å²) in [5.41, 5.74) is 5.05. The summed E-state index contributed by atoms with van der Waals surface area (Å²) in [5, 5.41) is 0. The third-order valence-corrected chi connectivity index (χ3v) is 6.72. The maximum Gasteiger partial charge on any atom is 0.416 e. The molecule has 1 amide bonds. The number of fused-ring (bicyclic) bond motifs is 3. The number of carbonyl (C=O) groups is 3. The molecule has 200 valence electrons. The van der Waals surface area contributed by atoms with Crippen LogP contribution in [0.25, 0.3) is 11.1 Å². The smallest absolute Gasteiger partial charge is 0.416 e. The molecule has 1 unspecified atom stereocenters. The van der Waals surface area contributed by atoms with E-state index in [-0.39, 0.29) is 19.1 Å². The van der Waals surface area contributed by atoms with Crippen molar-refractivity contribution in [2.24, 2.45) is 0 Å². The van der Waals surface area contributed by atoms with Crippen molar-refractivity contribution in [1.29, 1.82) is 0 Å². The zero-order valence-corrected chi connectivity index (χ0v) is 21.7. The van der Waals surface area contributed by atoms with Crippen molar-refractivity contribution in [2.75, 3.05) is 18.1 Å². The molecule has 2 aliphatic rings. The molecule has 0 fully saturated rings. The lowest BCUT2D eigenvalue weighted by atomic mass is 9.98. The van der Waals surface area contributed by atoms with Crippen molar-refractivity contribution >= 4 is 23.7 Å². The molecular weight excluding hydrogens is 498 g/mol. The SMILES string of the molecule is CC(=O)OC[C@H]1OC(N(C(=O)OCC2c3ccccc3-c3ccccc32)c2ccccc2)C=C[C@@H]1OC(C)=O. The largest absolute Gasteiger partial charge is 0.463 e. The Bertz CT molecular complexity index is 1340. The van der Waals surface area contributed by atoms with E-state index in [4.69, 9.17) is 18.9 Å². The van der Waals surface area contributed by atoms with Gasteiger partial charge < -0.3 is 18.9 Å². The van der Waals surface area contributed by atoms with Crippen LogP contribution in [0.1, 0.15) is 30.9 Å². The Morgan fingerprint density at radius 3 is 1.97 bits per heavy atom. The molecule has 3 aromatic rings.